The summed E-state index contributed by atoms with van der Waals surface area (Å²) in [4.78, 5) is 0. The summed E-state index contributed by atoms with van der Waals surface area (Å²) < 4.78 is 23.7. The first-order chi connectivity index (χ1) is 6.05. The van der Waals surface area contributed by atoms with Crippen molar-refractivity contribution < 1.29 is 8.42 Å². The van der Waals surface area contributed by atoms with E-state index in [-0.39, 0.29) is 11.5 Å². The van der Waals surface area contributed by atoms with Gasteiger partial charge in [-0.1, -0.05) is 6.92 Å². The molecule has 74 valence electrons. The van der Waals surface area contributed by atoms with Crippen molar-refractivity contribution in [2.45, 2.75) is 13.5 Å². The lowest BCUT2D eigenvalue weighted by Crippen LogP contribution is -2.16. The average Bonchev–Trinajstić information content (AvgIpc) is 2.48. The summed E-state index contributed by atoms with van der Waals surface area (Å²) in [5, 5.41) is 3.88. The van der Waals surface area contributed by atoms with E-state index in [4.69, 9.17) is 5.73 Å². The van der Waals surface area contributed by atoms with Crippen molar-refractivity contribution in [2.75, 3.05) is 17.2 Å². The first-order valence-electron chi connectivity index (χ1n) is 4.03. The number of nitrogens with zero attached hydrogens (tertiary/aromatic N) is 2. The molecule has 0 fully saturated rings. The molecule has 5 nitrogen and oxygen atoms in total. The fraction of sp³-hybridized carbons (Fsp3) is 0.571. The van der Waals surface area contributed by atoms with E-state index in [1.807, 2.05) is 0 Å². The Hall–Kier alpha value is -1.04. The second-order valence-electron chi connectivity index (χ2n) is 2.72. The number of nitrogen functional groups attached to an aromatic ring is 1. The first kappa shape index (κ1) is 10.0. The maximum atomic E-state index is 11.1. The van der Waals surface area contributed by atoms with E-state index in [0.717, 1.165) is 0 Å². The van der Waals surface area contributed by atoms with Gasteiger partial charge in [-0.25, -0.2) is 13.1 Å². The Bertz CT molecular complexity index is 369. The Morgan fingerprint density at radius 3 is 2.77 bits per heavy atom. The van der Waals surface area contributed by atoms with E-state index >= 15 is 0 Å². The van der Waals surface area contributed by atoms with Gasteiger partial charge in [-0.05, 0) is 6.07 Å². The lowest BCUT2D eigenvalue weighted by Gasteiger charge is -2.03. The molecule has 0 atom stereocenters. The van der Waals surface area contributed by atoms with Crippen molar-refractivity contribution in [3.05, 3.63) is 12.3 Å². The van der Waals surface area contributed by atoms with Crippen LogP contribution in [0, 0.1) is 0 Å². The molecule has 0 aliphatic carbocycles. The van der Waals surface area contributed by atoms with Gasteiger partial charge in [-0.2, -0.15) is 5.10 Å². The van der Waals surface area contributed by atoms with E-state index in [9.17, 15) is 8.42 Å². The smallest absolute Gasteiger partial charge is 0.151 e. The quantitative estimate of drug-likeness (QED) is 0.741. The molecule has 1 heterocycles. The Labute approximate surface area is 77.5 Å². The van der Waals surface area contributed by atoms with Crippen LogP contribution in [0.1, 0.15) is 6.92 Å². The summed E-state index contributed by atoms with van der Waals surface area (Å²) in [5.74, 6) is 0.745. The molecule has 0 spiro atoms. The van der Waals surface area contributed by atoms with E-state index < -0.39 is 9.84 Å². The molecule has 0 unspecified atom stereocenters. The molecule has 0 bridgehead atoms. The van der Waals surface area contributed by atoms with Gasteiger partial charge in [0, 0.05) is 5.75 Å². The first-order valence-corrected chi connectivity index (χ1v) is 5.85. The molecular formula is C7H13N3O2S. The van der Waals surface area contributed by atoms with Crippen molar-refractivity contribution >= 4 is 15.7 Å². The molecule has 1 aromatic heterocycles. The predicted molar refractivity (Wildman–Crippen MR) is 51.0 cm³/mol. The standard InChI is InChI=1S/C7H13N3O2S/c1-2-13(11,12)6-5-10-7(8)3-4-9-10/h3-4H,2,5-6,8H2,1H3. The largest absolute Gasteiger partial charge is 0.384 e. The molecule has 0 saturated carbocycles. The van der Waals surface area contributed by atoms with Crippen LogP contribution >= 0.6 is 0 Å². The number of hydrogen-bond acceptors (Lipinski definition) is 4. The maximum absolute atomic E-state index is 11.1. The summed E-state index contributed by atoms with van der Waals surface area (Å²) in [6, 6.07) is 1.64. The summed E-state index contributed by atoms with van der Waals surface area (Å²) in [6.07, 6.45) is 1.55. The molecule has 0 aliphatic rings. The van der Waals surface area contributed by atoms with Gasteiger partial charge in [-0.15, -0.1) is 0 Å². The number of sulfone groups is 1. The van der Waals surface area contributed by atoms with Crippen LogP contribution in [0.25, 0.3) is 0 Å². The molecule has 0 amide bonds. The van der Waals surface area contributed by atoms with Crippen molar-refractivity contribution in [1.82, 2.24) is 9.78 Å². The van der Waals surface area contributed by atoms with E-state index in [1.54, 1.807) is 19.2 Å². The zero-order chi connectivity index (χ0) is 9.90. The summed E-state index contributed by atoms with van der Waals surface area (Å²) in [7, 11) is -2.93. The minimum Gasteiger partial charge on any atom is -0.384 e. The lowest BCUT2D eigenvalue weighted by atomic mass is 10.6. The zero-order valence-corrected chi connectivity index (χ0v) is 8.29. The van der Waals surface area contributed by atoms with E-state index in [2.05, 4.69) is 5.10 Å². The molecule has 0 saturated heterocycles. The van der Waals surface area contributed by atoms with Crippen LogP contribution in [0.3, 0.4) is 0 Å². The maximum Gasteiger partial charge on any atom is 0.151 e. The fourth-order valence-corrected chi connectivity index (χ4v) is 1.64. The minimum atomic E-state index is -2.93. The Balaban J connectivity index is 2.58. The van der Waals surface area contributed by atoms with Crippen molar-refractivity contribution in [3.63, 3.8) is 0 Å². The Kier molecular flexibility index (Phi) is 2.92. The SMILES string of the molecule is CCS(=O)(=O)CCn1nccc1N. The van der Waals surface area contributed by atoms with Crippen LogP contribution in [-0.2, 0) is 16.4 Å². The molecule has 13 heavy (non-hydrogen) atoms. The molecule has 0 aromatic carbocycles. The van der Waals surface area contributed by atoms with E-state index in [0.29, 0.717) is 12.4 Å². The number of rotatable bonds is 4. The van der Waals surface area contributed by atoms with Crippen molar-refractivity contribution in [1.29, 1.82) is 0 Å². The summed E-state index contributed by atoms with van der Waals surface area (Å²) >= 11 is 0. The molecule has 0 radical (unpaired) electrons. The van der Waals surface area contributed by atoms with Crippen LogP contribution in [0.15, 0.2) is 12.3 Å². The summed E-state index contributed by atoms with van der Waals surface area (Å²) in [5.41, 5.74) is 5.52. The molecule has 2 N–H and O–H groups in total. The third-order valence-corrected chi connectivity index (χ3v) is 3.49. The van der Waals surface area contributed by atoms with Gasteiger partial charge in [-0.3, -0.25) is 0 Å². The molecule has 1 aromatic rings. The zero-order valence-electron chi connectivity index (χ0n) is 7.47. The second kappa shape index (κ2) is 3.78. The van der Waals surface area contributed by atoms with Crippen LogP contribution in [-0.4, -0.2) is 29.7 Å². The minimum absolute atomic E-state index is 0.0926. The third-order valence-electron chi connectivity index (χ3n) is 1.80. The highest BCUT2D eigenvalue weighted by Crippen LogP contribution is 2.00. The lowest BCUT2D eigenvalue weighted by molar-refractivity contribution is 0.583. The van der Waals surface area contributed by atoms with Gasteiger partial charge in [0.1, 0.15) is 5.82 Å². The number of nitrogens with two attached hydrogens (primary N) is 1. The Morgan fingerprint density at radius 2 is 2.31 bits per heavy atom. The topological polar surface area (TPSA) is 78.0 Å². The van der Waals surface area contributed by atoms with E-state index in [1.165, 1.54) is 4.68 Å². The number of aromatic nitrogens is 2. The van der Waals surface area contributed by atoms with Crippen LogP contribution < -0.4 is 5.73 Å². The van der Waals surface area contributed by atoms with Crippen LogP contribution in [0.5, 0.6) is 0 Å². The monoisotopic (exact) mass is 203 g/mol. The second-order valence-corrected chi connectivity index (χ2v) is 5.19. The van der Waals surface area contributed by atoms with Crippen molar-refractivity contribution in [2.24, 2.45) is 0 Å². The third kappa shape index (κ3) is 2.73. The van der Waals surface area contributed by atoms with Gasteiger partial charge in [0.25, 0.3) is 0 Å². The van der Waals surface area contributed by atoms with Gasteiger partial charge >= 0.3 is 0 Å². The Morgan fingerprint density at radius 1 is 1.62 bits per heavy atom. The van der Waals surface area contributed by atoms with Gasteiger partial charge < -0.3 is 5.73 Å². The van der Waals surface area contributed by atoms with Gasteiger partial charge in [0.15, 0.2) is 9.84 Å². The highest BCUT2D eigenvalue weighted by Gasteiger charge is 2.08. The molecule has 6 heteroatoms. The number of anilines is 1. The summed E-state index contributed by atoms with van der Waals surface area (Å²) in [6.45, 7) is 1.96. The normalized spacial score (nSPS) is 11.8. The molecule has 0 aliphatic heterocycles. The molecular weight excluding hydrogens is 190 g/mol. The highest BCUT2D eigenvalue weighted by molar-refractivity contribution is 7.91. The predicted octanol–water partition coefficient (Wildman–Crippen LogP) is -0.100. The van der Waals surface area contributed by atoms with Crippen LogP contribution in [0.2, 0.25) is 0 Å². The van der Waals surface area contributed by atoms with Gasteiger partial charge in [0.2, 0.25) is 0 Å². The fourth-order valence-electron chi connectivity index (χ4n) is 0.900. The molecule has 1 rings (SSSR count). The number of hydrogen-bond donors (Lipinski definition) is 1. The highest BCUT2D eigenvalue weighted by atomic mass is 32.2. The van der Waals surface area contributed by atoms with Gasteiger partial charge in [0.05, 0.1) is 18.5 Å². The van der Waals surface area contributed by atoms with Crippen LogP contribution in [0.4, 0.5) is 5.82 Å². The van der Waals surface area contributed by atoms with Crippen molar-refractivity contribution in [3.8, 4) is 0 Å². The average molecular weight is 203 g/mol. The number of aryl methyl sites for hydroxylation is 1.